The van der Waals surface area contributed by atoms with Gasteiger partial charge in [-0.25, -0.2) is 9.97 Å². The Kier molecular flexibility index (Phi) is 3.45. The summed E-state index contributed by atoms with van der Waals surface area (Å²) in [4.78, 5) is 22.8. The van der Waals surface area contributed by atoms with E-state index in [1.54, 1.807) is 18.0 Å². The van der Waals surface area contributed by atoms with Gasteiger partial charge in [-0.15, -0.1) is 0 Å². The van der Waals surface area contributed by atoms with E-state index in [0.29, 0.717) is 30.1 Å². The number of nitrogens with zero attached hydrogens (tertiary/aromatic N) is 3. The van der Waals surface area contributed by atoms with Crippen molar-refractivity contribution >= 4 is 5.91 Å². The van der Waals surface area contributed by atoms with Crippen LogP contribution in [0.1, 0.15) is 54.0 Å². The number of piperidine rings is 1. The van der Waals surface area contributed by atoms with Crippen LogP contribution in [0.15, 0.2) is 6.20 Å². The highest BCUT2D eigenvalue weighted by Crippen LogP contribution is 2.38. The molecule has 0 aromatic carbocycles. The van der Waals surface area contributed by atoms with Gasteiger partial charge in [-0.2, -0.15) is 0 Å². The van der Waals surface area contributed by atoms with Gasteiger partial charge >= 0.3 is 0 Å². The quantitative estimate of drug-likeness (QED) is 0.834. The lowest BCUT2D eigenvalue weighted by Gasteiger charge is -2.39. The van der Waals surface area contributed by atoms with Crippen molar-refractivity contribution in [3.8, 4) is 0 Å². The predicted molar refractivity (Wildman–Crippen MR) is 75.9 cm³/mol. The Bertz CT molecular complexity index is 569. The Hall–Kier alpha value is -1.53. The Morgan fingerprint density at radius 3 is 2.76 bits per heavy atom. The Labute approximate surface area is 123 Å². The van der Waals surface area contributed by atoms with Crippen molar-refractivity contribution in [3.05, 3.63) is 23.3 Å². The number of aryl methyl sites for hydroxylation is 1. The van der Waals surface area contributed by atoms with E-state index in [9.17, 15) is 15.0 Å². The zero-order chi connectivity index (χ0) is 15.2. The summed E-state index contributed by atoms with van der Waals surface area (Å²) in [6.07, 6.45) is 3.28. The predicted octanol–water partition coefficient (Wildman–Crippen LogP) is 0.620. The number of aliphatic hydroxyl groups is 2. The van der Waals surface area contributed by atoms with Crippen LogP contribution in [-0.4, -0.2) is 55.8 Å². The number of hydrogen-bond donors (Lipinski definition) is 2. The first-order chi connectivity index (χ1) is 9.88. The number of hydrogen-bond acceptors (Lipinski definition) is 5. The summed E-state index contributed by atoms with van der Waals surface area (Å²) in [6, 6.07) is 0. The second-order valence-electron chi connectivity index (χ2n) is 6.38. The molecule has 6 nitrogen and oxygen atoms in total. The van der Waals surface area contributed by atoms with Gasteiger partial charge in [0.05, 0.1) is 23.0 Å². The van der Waals surface area contributed by atoms with E-state index in [0.717, 1.165) is 18.7 Å². The molecule has 2 fully saturated rings. The van der Waals surface area contributed by atoms with Crippen molar-refractivity contribution in [1.29, 1.82) is 0 Å². The number of aromatic nitrogens is 2. The summed E-state index contributed by atoms with van der Waals surface area (Å²) in [5.41, 5.74) is 0.0369. The minimum atomic E-state index is -1.13. The molecular weight excluding hydrogens is 270 g/mol. The van der Waals surface area contributed by atoms with Crippen LogP contribution in [0, 0.1) is 6.92 Å². The topological polar surface area (TPSA) is 86.6 Å². The number of rotatable bonds is 2. The van der Waals surface area contributed by atoms with Crippen molar-refractivity contribution < 1.29 is 15.0 Å². The lowest BCUT2D eigenvalue weighted by atomic mass is 9.90. The third-order valence-corrected chi connectivity index (χ3v) is 4.46. The van der Waals surface area contributed by atoms with Crippen molar-refractivity contribution in [2.45, 2.75) is 50.7 Å². The minimum absolute atomic E-state index is 0.135. The molecule has 0 unspecified atom stereocenters. The van der Waals surface area contributed by atoms with Gasteiger partial charge in [0.15, 0.2) is 0 Å². The van der Waals surface area contributed by atoms with Gasteiger partial charge < -0.3 is 15.1 Å². The standard InChI is InChI=1S/C15H21N3O3/c1-9-11(7-16-13(17-9)10-3-4-10)14(20)18-6-5-15(2,21)12(19)8-18/h7,10,12,19,21H,3-6,8H2,1-2H3/t12-,15-/m0/s1. The molecule has 1 aromatic rings. The molecule has 2 heterocycles. The van der Waals surface area contributed by atoms with Gasteiger partial charge in [0.25, 0.3) is 5.91 Å². The highest BCUT2D eigenvalue weighted by atomic mass is 16.3. The van der Waals surface area contributed by atoms with Crippen molar-refractivity contribution in [2.75, 3.05) is 13.1 Å². The molecule has 0 bridgehead atoms. The molecule has 1 aliphatic heterocycles. The van der Waals surface area contributed by atoms with Gasteiger partial charge in [0.1, 0.15) is 5.82 Å². The molecule has 114 valence electrons. The number of amides is 1. The van der Waals surface area contributed by atoms with Gasteiger partial charge in [-0.1, -0.05) is 0 Å². The van der Waals surface area contributed by atoms with E-state index >= 15 is 0 Å². The van der Waals surface area contributed by atoms with Crippen LogP contribution in [0.25, 0.3) is 0 Å². The van der Waals surface area contributed by atoms with Gasteiger partial charge in [-0.05, 0) is 33.1 Å². The van der Waals surface area contributed by atoms with Crippen molar-refractivity contribution in [1.82, 2.24) is 14.9 Å². The SMILES string of the molecule is Cc1nc(C2CC2)ncc1C(=O)N1CC[C@](C)(O)[C@@H](O)C1. The maximum Gasteiger partial charge on any atom is 0.257 e. The number of aliphatic hydroxyl groups excluding tert-OH is 1. The monoisotopic (exact) mass is 291 g/mol. The normalized spacial score (nSPS) is 29.5. The maximum atomic E-state index is 12.5. The minimum Gasteiger partial charge on any atom is -0.388 e. The molecule has 1 amide bonds. The van der Waals surface area contributed by atoms with E-state index in [1.165, 1.54) is 0 Å². The zero-order valence-electron chi connectivity index (χ0n) is 12.4. The molecule has 2 aliphatic rings. The maximum absolute atomic E-state index is 12.5. The molecule has 2 N–H and O–H groups in total. The first-order valence-corrected chi connectivity index (χ1v) is 7.42. The van der Waals surface area contributed by atoms with Gasteiger partial charge in [0, 0.05) is 25.2 Å². The van der Waals surface area contributed by atoms with E-state index in [4.69, 9.17) is 0 Å². The van der Waals surface area contributed by atoms with Gasteiger partial charge in [0.2, 0.25) is 0 Å². The van der Waals surface area contributed by atoms with Crippen LogP contribution in [0.3, 0.4) is 0 Å². The summed E-state index contributed by atoms with van der Waals surface area (Å²) in [5, 5.41) is 19.9. The molecule has 1 saturated carbocycles. The lowest BCUT2D eigenvalue weighted by Crippen LogP contribution is -2.55. The van der Waals surface area contributed by atoms with Crippen LogP contribution >= 0.6 is 0 Å². The second-order valence-corrected chi connectivity index (χ2v) is 6.38. The summed E-state index contributed by atoms with van der Waals surface area (Å²) in [6.45, 7) is 3.97. The Morgan fingerprint density at radius 2 is 2.19 bits per heavy atom. The summed E-state index contributed by atoms with van der Waals surface area (Å²) in [5.74, 6) is 1.11. The van der Waals surface area contributed by atoms with E-state index in [1.807, 2.05) is 6.92 Å². The van der Waals surface area contributed by atoms with Crippen LogP contribution in [0.4, 0.5) is 0 Å². The summed E-state index contributed by atoms with van der Waals surface area (Å²) >= 11 is 0. The Balaban J connectivity index is 1.76. The largest absolute Gasteiger partial charge is 0.388 e. The fourth-order valence-electron chi connectivity index (χ4n) is 2.61. The number of likely N-dealkylation sites (tertiary alicyclic amines) is 1. The Morgan fingerprint density at radius 1 is 1.48 bits per heavy atom. The highest BCUT2D eigenvalue weighted by molar-refractivity contribution is 5.95. The first-order valence-electron chi connectivity index (χ1n) is 7.42. The number of β-amino-alcohol motifs (C(OH)–C–C–N with tert-alkyl or cyclic N) is 1. The molecule has 0 radical (unpaired) electrons. The molecule has 21 heavy (non-hydrogen) atoms. The first kappa shape index (κ1) is 14.4. The van der Waals surface area contributed by atoms with Crippen LogP contribution in [-0.2, 0) is 0 Å². The lowest BCUT2D eigenvalue weighted by molar-refractivity contribution is -0.0999. The average molecular weight is 291 g/mol. The smallest absolute Gasteiger partial charge is 0.257 e. The number of carbonyl (C=O) groups is 1. The van der Waals surface area contributed by atoms with Crippen molar-refractivity contribution in [3.63, 3.8) is 0 Å². The zero-order valence-corrected chi connectivity index (χ0v) is 12.4. The molecular formula is C15H21N3O3. The molecule has 3 rings (SSSR count). The molecule has 6 heteroatoms. The average Bonchev–Trinajstić information content (AvgIpc) is 3.25. The van der Waals surface area contributed by atoms with Crippen LogP contribution in [0.2, 0.25) is 0 Å². The third kappa shape index (κ3) is 2.78. The summed E-state index contributed by atoms with van der Waals surface area (Å²) < 4.78 is 0. The van der Waals surface area contributed by atoms with E-state index < -0.39 is 11.7 Å². The third-order valence-electron chi connectivity index (χ3n) is 4.46. The van der Waals surface area contributed by atoms with Crippen LogP contribution in [0.5, 0.6) is 0 Å². The van der Waals surface area contributed by atoms with E-state index in [2.05, 4.69) is 9.97 Å². The molecule has 1 saturated heterocycles. The fourth-order valence-corrected chi connectivity index (χ4v) is 2.61. The van der Waals surface area contributed by atoms with E-state index in [-0.39, 0.29) is 12.5 Å². The fraction of sp³-hybridized carbons (Fsp3) is 0.667. The highest BCUT2D eigenvalue weighted by Gasteiger charge is 2.38. The second kappa shape index (κ2) is 5.03. The molecule has 1 aliphatic carbocycles. The number of carbonyl (C=O) groups excluding carboxylic acids is 1. The van der Waals surface area contributed by atoms with Crippen molar-refractivity contribution in [2.24, 2.45) is 0 Å². The molecule has 2 atom stereocenters. The summed E-state index contributed by atoms with van der Waals surface area (Å²) in [7, 11) is 0. The molecule has 1 aromatic heterocycles. The molecule has 0 spiro atoms. The van der Waals surface area contributed by atoms with Crippen LogP contribution < -0.4 is 0 Å². The van der Waals surface area contributed by atoms with Gasteiger partial charge in [-0.3, -0.25) is 4.79 Å².